The third-order valence-electron chi connectivity index (χ3n) is 3.89. The number of nitrogens with zero attached hydrogens (tertiary/aromatic N) is 1. The van der Waals surface area contributed by atoms with E-state index in [0.29, 0.717) is 12.5 Å². The highest BCUT2D eigenvalue weighted by atomic mass is 16.2. The Bertz CT molecular complexity index is 387. The van der Waals surface area contributed by atoms with Crippen LogP contribution in [0.1, 0.15) is 58.1 Å². The van der Waals surface area contributed by atoms with E-state index >= 15 is 0 Å². The Morgan fingerprint density at radius 3 is 2.38 bits per heavy atom. The van der Waals surface area contributed by atoms with E-state index in [2.05, 4.69) is 36.5 Å². The van der Waals surface area contributed by atoms with Crippen LogP contribution in [0, 0.1) is 0 Å². The molecule has 0 aromatic heterocycles. The van der Waals surface area contributed by atoms with Crippen molar-refractivity contribution >= 4 is 5.91 Å². The van der Waals surface area contributed by atoms with Crippen molar-refractivity contribution < 1.29 is 4.79 Å². The summed E-state index contributed by atoms with van der Waals surface area (Å²) >= 11 is 0. The Morgan fingerprint density at radius 2 is 1.81 bits per heavy atom. The van der Waals surface area contributed by atoms with Gasteiger partial charge in [0.1, 0.15) is 0 Å². The average molecular weight is 290 g/mol. The van der Waals surface area contributed by atoms with E-state index in [-0.39, 0.29) is 5.91 Å². The minimum Gasteiger partial charge on any atom is -0.343 e. The second kappa shape index (κ2) is 10.4. The maximum Gasteiger partial charge on any atom is 0.223 e. The third-order valence-corrected chi connectivity index (χ3v) is 3.89. The van der Waals surface area contributed by atoms with Crippen molar-refractivity contribution in [3.8, 4) is 0 Å². The number of hydrogen-bond donors (Lipinski definition) is 1. The van der Waals surface area contributed by atoms with Crippen LogP contribution in [0.4, 0.5) is 0 Å². The van der Waals surface area contributed by atoms with Crippen molar-refractivity contribution in [3.05, 3.63) is 35.9 Å². The fourth-order valence-electron chi connectivity index (χ4n) is 2.57. The standard InChI is InChI=1S/C18H30N2O/c1-4-7-13-17(16-11-9-8-10-12-16)19-15-14-18(21)20(5-2)6-3/h8-12,17,19H,4-7,13-15H2,1-3H3. The number of amides is 1. The van der Waals surface area contributed by atoms with Gasteiger partial charge in [-0.05, 0) is 25.8 Å². The quantitative estimate of drug-likeness (QED) is 0.711. The third kappa shape index (κ3) is 6.30. The Morgan fingerprint density at radius 1 is 1.14 bits per heavy atom. The summed E-state index contributed by atoms with van der Waals surface area (Å²) in [6, 6.07) is 10.9. The lowest BCUT2D eigenvalue weighted by Crippen LogP contribution is -2.33. The minimum absolute atomic E-state index is 0.245. The number of rotatable bonds is 10. The molecular weight excluding hydrogens is 260 g/mol. The van der Waals surface area contributed by atoms with Gasteiger partial charge in [0.25, 0.3) is 0 Å². The zero-order valence-electron chi connectivity index (χ0n) is 13.8. The van der Waals surface area contributed by atoms with Gasteiger partial charge >= 0.3 is 0 Å². The SMILES string of the molecule is CCCCC(NCCC(=O)N(CC)CC)c1ccccc1. The Labute approximate surface area is 129 Å². The highest BCUT2D eigenvalue weighted by molar-refractivity contribution is 5.76. The molecule has 0 radical (unpaired) electrons. The van der Waals surface area contributed by atoms with Crippen LogP contribution < -0.4 is 5.32 Å². The number of benzene rings is 1. The van der Waals surface area contributed by atoms with Gasteiger partial charge in [-0.3, -0.25) is 4.79 Å². The molecule has 0 bridgehead atoms. The zero-order chi connectivity index (χ0) is 15.5. The predicted octanol–water partition coefficient (Wildman–Crippen LogP) is 3.77. The van der Waals surface area contributed by atoms with Crippen molar-refractivity contribution in [3.63, 3.8) is 0 Å². The second-order valence-corrected chi connectivity index (χ2v) is 5.38. The fourth-order valence-corrected chi connectivity index (χ4v) is 2.57. The maximum atomic E-state index is 12.0. The lowest BCUT2D eigenvalue weighted by molar-refractivity contribution is -0.130. The van der Waals surface area contributed by atoms with Gasteiger partial charge in [-0.15, -0.1) is 0 Å². The smallest absolute Gasteiger partial charge is 0.223 e. The fraction of sp³-hybridized carbons (Fsp3) is 0.611. The molecule has 1 aromatic rings. The lowest BCUT2D eigenvalue weighted by Gasteiger charge is -2.21. The van der Waals surface area contributed by atoms with Crippen LogP contribution in [0.25, 0.3) is 0 Å². The molecule has 1 atom stereocenters. The summed E-state index contributed by atoms with van der Waals surface area (Å²) in [7, 11) is 0. The summed E-state index contributed by atoms with van der Waals surface area (Å²) < 4.78 is 0. The van der Waals surface area contributed by atoms with Crippen LogP contribution >= 0.6 is 0 Å². The molecule has 1 N–H and O–H groups in total. The number of carbonyl (C=O) groups excluding carboxylic acids is 1. The first kappa shape index (κ1) is 17.7. The molecule has 0 aliphatic heterocycles. The molecule has 3 heteroatoms. The highest BCUT2D eigenvalue weighted by Gasteiger charge is 2.12. The van der Waals surface area contributed by atoms with E-state index in [9.17, 15) is 4.79 Å². The molecule has 1 unspecified atom stereocenters. The molecule has 1 aromatic carbocycles. The van der Waals surface area contributed by atoms with Crippen molar-refractivity contribution in [1.82, 2.24) is 10.2 Å². The Kier molecular flexibility index (Phi) is 8.76. The molecule has 118 valence electrons. The first-order valence-corrected chi connectivity index (χ1v) is 8.28. The number of carbonyl (C=O) groups is 1. The van der Waals surface area contributed by atoms with Gasteiger partial charge < -0.3 is 10.2 Å². The Balaban J connectivity index is 2.48. The van der Waals surface area contributed by atoms with E-state index < -0.39 is 0 Å². The van der Waals surface area contributed by atoms with E-state index in [1.165, 1.54) is 18.4 Å². The molecule has 0 saturated heterocycles. The van der Waals surface area contributed by atoms with Crippen LogP contribution in [0.2, 0.25) is 0 Å². The first-order valence-electron chi connectivity index (χ1n) is 8.28. The van der Waals surface area contributed by atoms with Gasteiger partial charge in [-0.25, -0.2) is 0 Å². The van der Waals surface area contributed by atoms with Gasteiger partial charge in [0, 0.05) is 32.1 Å². The maximum absolute atomic E-state index is 12.0. The normalized spacial score (nSPS) is 12.1. The summed E-state index contributed by atoms with van der Waals surface area (Å²) in [5.74, 6) is 0.245. The van der Waals surface area contributed by atoms with Gasteiger partial charge in [0.15, 0.2) is 0 Å². The molecule has 0 spiro atoms. The molecule has 1 rings (SSSR count). The van der Waals surface area contributed by atoms with Gasteiger partial charge in [0.2, 0.25) is 5.91 Å². The highest BCUT2D eigenvalue weighted by Crippen LogP contribution is 2.19. The largest absolute Gasteiger partial charge is 0.343 e. The summed E-state index contributed by atoms with van der Waals surface area (Å²) in [6.45, 7) is 8.62. The van der Waals surface area contributed by atoms with Crippen LogP contribution in [0.5, 0.6) is 0 Å². The van der Waals surface area contributed by atoms with E-state index in [4.69, 9.17) is 0 Å². The minimum atomic E-state index is 0.245. The molecule has 0 aliphatic rings. The molecule has 0 aliphatic carbocycles. The molecule has 21 heavy (non-hydrogen) atoms. The Hall–Kier alpha value is -1.35. The average Bonchev–Trinajstić information content (AvgIpc) is 2.52. The summed E-state index contributed by atoms with van der Waals surface area (Å²) in [4.78, 5) is 13.9. The summed E-state index contributed by atoms with van der Waals surface area (Å²) in [5.41, 5.74) is 1.32. The van der Waals surface area contributed by atoms with E-state index in [0.717, 1.165) is 26.1 Å². The van der Waals surface area contributed by atoms with Crippen LogP contribution in [-0.2, 0) is 4.79 Å². The molecular formula is C18H30N2O. The van der Waals surface area contributed by atoms with Gasteiger partial charge in [0.05, 0.1) is 0 Å². The summed E-state index contributed by atoms with van der Waals surface area (Å²) in [5, 5.41) is 3.56. The van der Waals surface area contributed by atoms with E-state index in [1.54, 1.807) is 0 Å². The molecule has 0 saturated carbocycles. The second-order valence-electron chi connectivity index (χ2n) is 5.38. The van der Waals surface area contributed by atoms with E-state index in [1.807, 2.05) is 24.8 Å². The zero-order valence-corrected chi connectivity index (χ0v) is 13.8. The van der Waals surface area contributed by atoms with Gasteiger partial charge in [-0.1, -0.05) is 50.1 Å². The van der Waals surface area contributed by atoms with Crippen molar-refractivity contribution in [1.29, 1.82) is 0 Å². The van der Waals surface area contributed by atoms with Crippen LogP contribution in [0.3, 0.4) is 0 Å². The number of hydrogen-bond acceptors (Lipinski definition) is 2. The molecule has 3 nitrogen and oxygen atoms in total. The van der Waals surface area contributed by atoms with Crippen LogP contribution in [-0.4, -0.2) is 30.4 Å². The topological polar surface area (TPSA) is 32.3 Å². The molecule has 0 heterocycles. The van der Waals surface area contributed by atoms with Crippen molar-refractivity contribution in [2.45, 2.75) is 52.5 Å². The number of nitrogens with one attached hydrogen (secondary N) is 1. The van der Waals surface area contributed by atoms with Crippen LogP contribution in [0.15, 0.2) is 30.3 Å². The van der Waals surface area contributed by atoms with Crippen molar-refractivity contribution in [2.24, 2.45) is 0 Å². The summed E-state index contributed by atoms with van der Waals surface area (Å²) in [6.07, 6.45) is 4.11. The monoisotopic (exact) mass is 290 g/mol. The lowest BCUT2D eigenvalue weighted by atomic mass is 10.0. The predicted molar refractivity (Wildman–Crippen MR) is 89.3 cm³/mol. The first-order chi connectivity index (χ1) is 10.2. The molecule has 0 fully saturated rings. The number of unbranched alkanes of at least 4 members (excludes halogenated alkanes) is 1. The molecule has 1 amide bonds. The van der Waals surface area contributed by atoms with Gasteiger partial charge in [-0.2, -0.15) is 0 Å². The van der Waals surface area contributed by atoms with Crippen molar-refractivity contribution in [2.75, 3.05) is 19.6 Å².